The smallest absolute Gasteiger partial charge is 0.137 e. The van der Waals surface area contributed by atoms with Crippen LogP contribution in [0.3, 0.4) is 0 Å². The first kappa shape index (κ1) is 15.0. The predicted molar refractivity (Wildman–Crippen MR) is 77.3 cm³/mol. The maximum Gasteiger partial charge on any atom is 0.137 e. The number of likely N-dealkylation sites (tertiary alicyclic amines) is 1. The lowest BCUT2D eigenvalue weighted by atomic mass is 9.88. The van der Waals surface area contributed by atoms with Crippen molar-refractivity contribution in [2.45, 2.75) is 70.4 Å². The standard InChI is InChI=1S/C16H29NO2/c1-16(2,19-3)10-12-17-11-5-4-8-14(17)13-7-6-9-15(13)18/h13-14H,4-12H2,1-3H3. The van der Waals surface area contributed by atoms with Crippen molar-refractivity contribution in [1.82, 2.24) is 4.90 Å². The Kier molecular flexibility index (Phi) is 5.02. The lowest BCUT2D eigenvalue weighted by Crippen LogP contribution is -2.47. The summed E-state index contributed by atoms with van der Waals surface area (Å²) in [5, 5.41) is 0. The summed E-state index contributed by atoms with van der Waals surface area (Å²) in [4.78, 5) is 14.6. The van der Waals surface area contributed by atoms with Crippen LogP contribution in [0.5, 0.6) is 0 Å². The molecule has 19 heavy (non-hydrogen) atoms. The fourth-order valence-electron chi connectivity index (χ4n) is 3.51. The minimum Gasteiger partial charge on any atom is -0.379 e. The number of hydrogen-bond donors (Lipinski definition) is 0. The highest BCUT2D eigenvalue weighted by Crippen LogP contribution is 2.33. The molecule has 1 heterocycles. The largest absolute Gasteiger partial charge is 0.379 e. The third-order valence-corrected chi connectivity index (χ3v) is 5.03. The molecule has 0 spiro atoms. The highest BCUT2D eigenvalue weighted by molar-refractivity contribution is 5.83. The Morgan fingerprint density at radius 3 is 2.68 bits per heavy atom. The molecule has 1 saturated carbocycles. The Morgan fingerprint density at radius 2 is 2.05 bits per heavy atom. The van der Waals surface area contributed by atoms with Crippen LogP contribution < -0.4 is 0 Å². The number of piperidine rings is 1. The fraction of sp³-hybridized carbons (Fsp3) is 0.938. The van der Waals surface area contributed by atoms with Crippen molar-refractivity contribution in [1.29, 1.82) is 0 Å². The van der Waals surface area contributed by atoms with Gasteiger partial charge in [-0.1, -0.05) is 6.42 Å². The average Bonchev–Trinajstić information content (AvgIpc) is 2.83. The van der Waals surface area contributed by atoms with Crippen molar-refractivity contribution in [3.8, 4) is 0 Å². The zero-order chi connectivity index (χ0) is 13.9. The molecule has 0 aromatic carbocycles. The summed E-state index contributed by atoms with van der Waals surface area (Å²) in [5.41, 5.74) is -0.0539. The molecule has 2 fully saturated rings. The number of Topliss-reactive ketones (excluding diaryl/α,β-unsaturated/α-hetero) is 1. The van der Waals surface area contributed by atoms with Crippen molar-refractivity contribution < 1.29 is 9.53 Å². The molecule has 0 N–H and O–H groups in total. The van der Waals surface area contributed by atoms with Gasteiger partial charge in [-0.15, -0.1) is 0 Å². The summed E-state index contributed by atoms with van der Waals surface area (Å²) in [6.07, 6.45) is 7.87. The molecule has 110 valence electrons. The molecular weight excluding hydrogens is 238 g/mol. The molecule has 1 aliphatic heterocycles. The number of hydrogen-bond acceptors (Lipinski definition) is 3. The van der Waals surface area contributed by atoms with Crippen LogP contribution in [0.4, 0.5) is 0 Å². The van der Waals surface area contributed by atoms with Gasteiger partial charge in [-0.05, 0) is 52.5 Å². The van der Waals surface area contributed by atoms with Gasteiger partial charge in [0, 0.05) is 32.0 Å². The molecule has 0 amide bonds. The Balaban J connectivity index is 1.94. The van der Waals surface area contributed by atoms with E-state index in [1.54, 1.807) is 7.11 Å². The third kappa shape index (κ3) is 3.79. The van der Waals surface area contributed by atoms with Gasteiger partial charge in [-0.2, -0.15) is 0 Å². The van der Waals surface area contributed by atoms with Gasteiger partial charge in [0.2, 0.25) is 0 Å². The zero-order valence-electron chi connectivity index (χ0n) is 12.8. The number of ketones is 1. The molecule has 3 heteroatoms. The molecule has 0 aromatic heterocycles. The van der Waals surface area contributed by atoms with E-state index >= 15 is 0 Å². The second-order valence-corrected chi connectivity index (χ2v) is 6.78. The van der Waals surface area contributed by atoms with Gasteiger partial charge in [-0.3, -0.25) is 9.69 Å². The number of carbonyl (C=O) groups is 1. The number of carbonyl (C=O) groups excluding carboxylic acids is 1. The normalized spacial score (nSPS) is 29.9. The number of methoxy groups -OCH3 is 1. The summed E-state index contributed by atoms with van der Waals surface area (Å²) in [7, 11) is 1.79. The number of rotatable bonds is 5. The Morgan fingerprint density at radius 1 is 1.26 bits per heavy atom. The van der Waals surface area contributed by atoms with Crippen LogP contribution in [0.15, 0.2) is 0 Å². The second-order valence-electron chi connectivity index (χ2n) is 6.78. The van der Waals surface area contributed by atoms with Gasteiger partial charge in [0.15, 0.2) is 0 Å². The summed E-state index contributed by atoms with van der Waals surface area (Å²) in [5.74, 6) is 0.842. The molecule has 0 radical (unpaired) electrons. The van der Waals surface area contributed by atoms with Crippen molar-refractivity contribution in [2.24, 2.45) is 5.92 Å². The van der Waals surface area contributed by atoms with E-state index in [9.17, 15) is 4.79 Å². The molecule has 2 unspecified atom stereocenters. The van der Waals surface area contributed by atoms with Crippen LogP contribution in [-0.2, 0) is 9.53 Å². The van der Waals surface area contributed by atoms with E-state index in [4.69, 9.17) is 4.74 Å². The van der Waals surface area contributed by atoms with Gasteiger partial charge in [0.1, 0.15) is 5.78 Å². The molecule has 2 aliphatic rings. The summed E-state index contributed by atoms with van der Waals surface area (Å²) in [6.45, 7) is 6.52. The Labute approximate surface area is 117 Å². The maximum atomic E-state index is 12.0. The minimum absolute atomic E-state index is 0.0539. The lowest BCUT2D eigenvalue weighted by Gasteiger charge is -2.40. The van der Waals surface area contributed by atoms with E-state index in [2.05, 4.69) is 18.7 Å². The summed E-state index contributed by atoms with van der Waals surface area (Å²) >= 11 is 0. The van der Waals surface area contributed by atoms with Crippen molar-refractivity contribution in [2.75, 3.05) is 20.2 Å². The van der Waals surface area contributed by atoms with Gasteiger partial charge < -0.3 is 4.74 Å². The second kappa shape index (κ2) is 6.36. The molecule has 3 nitrogen and oxygen atoms in total. The Bertz CT molecular complexity index is 314. The van der Waals surface area contributed by atoms with Crippen LogP contribution in [0.25, 0.3) is 0 Å². The highest BCUT2D eigenvalue weighted by Gasteiger charge is 2.37. The first-order valence-corrected chi connectivity index (χ1v) is 7.85. The summed E-state index contributed by atoms with van der Waals surface area (Å²) in [6, 6.07) is 0.511. The first-order valence-electron chi connectivity index (χ1n) is 7.85. The average molecular weight is 267 g/mol. The van der Waals surface area contributed by atoms with E-state index in [0.29, 0.717) is 17.7 Å². The third-order valence-electron chi connectivity index (χ3n) is 5.03. The number of ether oxygens (including phenoxy) is 1. The van der Waals surface area contributed by atoms with Crippen LogP contribution in [0, 0.1) is 5.92 Å². The van der Waals surface area contributed by atoms with Gasteiger partial charge in [0.05, 0.1) is 5.60 Å². The van der Waals surface area contributed by atoms with Crippen LogP contribution in [-0.4, -0.2) is 42.5 Å². The van der Waals surface area contributed by atoms with Gasteiger partial charge in [0.25, 0.3) is 0 Å². The highest BCUT2D eigenvalue weighted by atomic mass is 16.5. The molecule has 1 aliphatic carbocycles. The lowest BCUT2D eigenvalue weighted by molar-refractivity contribution is -0.123. The maximum absolute atomic E-state index is 12.0. The number of nitrogens with zero attached hydrogens (tertiary/aromatic N) is 1. The topological polar surface area (TPSA) is 29.5 Å². The SMILES string of the molecule is COC(C)(C)CCN1CCCCC1C1CCCC1=O. The fourth-order valence-corrected chi connectivity index (χ4v) is 3.51. The van der Waals surface area contributed by atoms with E-state index in [0.717, 1.165) is 38.8 Å². The van der Waals surface area contributed by atoms with Gasteiger partial charge >= 0.3 is 0 Å². The summed E-state index contributed by atoms with van der Waals surface area (Å²) < 4.78 is 5.52. The van der Waals surface area contributed by atoms with E-state index in [-0.39, 0.29) is 5.60 Å². The first-order chi connectivity index (χ1) is 9.03. The molecule has 2 rings (SSSR count). The van der Waals surface area contributed by atoms with Crippen molar-refractivity contribution in [3.05, 3.63) is 0 Å². The van der Waals surface area contributed by atoms with Crippen LogP contribution >= 0.6 is 0 Å². The molecular formula is C16H29NO2. The Hall–Kier alpha value is -0.410. The van der Waals surface area contributed by atoms with Crippen molar-refractivity contribution in [3.63, 3.8) is 0 Å². The van der Waals surface area contributed by atoms with E-state index in [1.165, 1.54) is 19.3 Å². The zero-order valence-corrected chi connectivity index (χ0v) is 12.8. The molecule has 0 bridgehead atoms. The van der Waals surface area contributed by atoms with E-state index < -0.39 is 0 Å². The van der Waals surface area contributed by atoms with Crippen LogP contribution in [0.2, 0.25) is 0 Å². The van der Waals surface area contributed by atoms with Crippen molar-refractivity contribution >= 4 is 5.78 Å². The van der Waals surface area contributed by atoms with Crippen LogP contribution in [0.1, 0.15) is 58.8 Å². The van der Waals surface area contributed by atoms with Gasteiger partial charge in [-0.25, -0.2) is 0 Å². The monoisotopic (exact) mass is 267 g/mol. The quantitative estimate of drug-likeness (QED) is 0.767. The molecule has 0 aromatic rings. The molecule has 2 atom stereocenters. The predicted octanol–water partition coefficient (Wildman–Crippen LogP) is 3.03. The van der Waals surface area contributed by atoms with E-state index in [1.807, 2.05) is 0 Å². The molecule has 1 saturated heterocycles. The minimum atomic E-state index is -0.0539.